The molecule has 0 unspecified atom stereocenters. The predicted molar refractivity (Wildman–Crippen MR) is 87.8 cm³/mol. The lowest BCUT2D eigenvalue weighted by molar-refractivity contribution is -0.141. The van der Waals surface area contributed by atoms with Crippen molar-refractivity contribution in [1.29, 1.82) is 0 Å². The molecule has 1 aliphatic heterocycles. The number of carbonyl (C=O) groups is 2. The molecule has 1 heterocycles. The van der Waals surface area contributed by atoms with Gasteiger partial charge in [0.15, 0.2) is 0 Å². The summed E-state index contributed by atoms with van der Waals surface area (Å²) in [5.74, 6) is -2.55. The molecular weight excluding hydrogens is 362 g/mol. The number of rotatable bonds is 3. The van der Waals surface area contributed by atoms with E-state index >= 15 is 0 Å². The Morgan fingerprint density at radius 3 is 2.44 bits per heavy atom. The summed E-state index contributed by atoms with van der Waals surface area (Å²) in [6.07, 6.45) is -4.67. The van der Waals surface area contributed by atoms with Gasteiger partial charge in [-0.05, 0) is 29.7 Å². The summed E-state index contributed by atoms with van der Waals surface area (Å²) >= 11 is 0. The van der Waals surface area contributed by atoms with Gasteiger partial charge in [-0.1, -0.05) is 36.4 Å². The number of halogens is 4. The van der Waals surface area contributed by atoms with Crippen LogP contribution in [0.3, 0.4) is 0 Å². The first-order valence-electron chi connectivity index (χ1n) is 8.48. The molecule has 3 nitrogen and oxygen atoms in total. The van der Waals surface area contributed by atoms with E-state index in [9.17, 15) is 27.2 Å². The molecule has 7 heteroatoms. The fourth-order valence-corrected chi connectivity index (χ4v) is 3.97. The monoisotopic (exact) mass is 377 g/mol. The molecule has 2 atom stereocenters. The van der Waals surface area contributed by atoms with Crippen molar-refractivity contribution in [2.24, 2.45) is 5.41 Å². The number of imide groups is 1. The maximum absolute atomic E-state index is 13.3. The van der Waals surface area contributed by atoms with Crippen LogP contribution in [0.15, 0.2) is 48.5 Å². The van der Waals surface area contributed by atoms with E-state index in [2.05, 4.69) is 0 Å². The number of hydrogen-bond acceptors (Lipinski definition) is 2. The number of hydrogen-bond donors (Lipinski definition) is 0. The van der Waals surface area contributed by atoms with Crippen molar-refractivity contribution in [3.63, 3.8) is 0 Å². The molecule has 2 aliphatic rings. The Balaban J connectivity index is 1.63. The van der Waals surface area contributed by atoms with Crippen LogP contribution in [0.2, 0.25) is 0 Å². The Morgan fingerprint density at radius 2 is 1.78 bits per heavy atom. The molecule has 4 rings (SSSR count). The molecule has 1 saturated carbocycles. The Hall–Kier alpha value is -2.70. The van der Waals surface area contributed by atoms with Crippen molar-refractivity contribution in [1.82, 2.24) is 4.90 Å². The van der Waals surface area contributed by atoms with Crippen LogP contribution in [-0.2, 0) is 22.3 Å². The summed E-state index contributed by atoms with van der Waals surface area (Å²) in [5.41, 5.74) is -1.56. The number of nitrogens with zero attached hydrogens (tertiary/aromatic N) is 1. The standard InChI is InChI=1S/C20H15F4NO2/c21-13-6-7-14(15(8-13)20(22,23)24)16-9-19(16)10-17(26)25(18(19)27)11-12-4-2-1-3-5-12/h1-8,16H,9-11H2/t16-,19-/m1/s1. The van der Waals surface area contributed by atoms with Gasteiger partial charge in [-0.15, -0.1) is 0 Å². The SMILES string of the molecule is O=C1C[C@@]2(C[C@@H]2c2ccc(F)cc2C(F)(F)F)C(=O)N1Cc1ccccc1. The van der Waals surface area contributed by atoms with E-state index in [-0.39, 0.29) is 30.9 Å². The molecule has 0 aromatic heterocycles. The van der Waals surface area contributed by atoms with Gasteiger partial charge in [-0.3, -0.25) is 14.5 Å². The lowest BCUT2D eigenvalue weighted by Crippen LogP contribution is -2.31. The molecule has 1 aliphatic carbocycles. The summed E-state index contributed by atoms with van der Waals surface area (Å²) in [6.45, 7) is 0.0997. The van der Waals surface area contributed by atoms with Crippen LogP contribution < -0.4 is 0 Å². The van der Waals surface area contributed by atoms with Crippen LogP contribution in [0.1, 0.15) is 35.4 Å². The minimum Gasteiger partial charge on any atom is -0.278 e. The highest BCUT2D eigenvalue weighted by Crippen LogP contribution is 2.66. The molecule has 2 aromatic carbocycles. The molecule has 0 radical (unpaired) electrons. The zero-order valence-electron chi connectivity index (χ0n) is 14.1. The van der Waals surface area contributed by atoms with Crippen molar-refractivity contribution < 1.29 is 27.2 Å². The third-order valence-electron chi connectivity index (χ3n) is 5.39. The summed E-state index contributed by atoms with van der Waals surface area (Å²) in [4.78, 5) is 26.4. The fourth-order valence-electron chi connectivity index (χ4n) is 3.97. The number of likely N-dealkylation sites (tertiary alicyclic amines) is 1. The quantitative estimate of drug-likeness (QED) is 0.592. The Labute approximate surface area is 152 Å². The largest absolute Gasteiger partial charge is 0.416 e. The molecule has 0 N–H and O–H groups in total. The first-order chi connectivity index (χ1) is 12.7. The molecule has 2 aromatic rings. The van der Waals surface area contributed by atoms with Crippen molar-refractivity contribution in [2.75, 3.05) is 0 Å². The zero-order chi connectivity index (χ0) is 19.4. The highest BCUT2D eigenvalue weighted by atomic mass is 19.4. The van der Waals surface area contributed by atoms with E-state index in [1.165, 1.54) is 0 Å². The third kappa shape index (κ3) is 2.91. The molecule has 1 spiro atoms. The third-order valence-corrected chi connectivity index (χ3v) is 5.39. The van der Waals surface area contributed by atoms with Crippen LogP contribution in [0.25, 0.3) is 0 Å². The Bertz CT molecular complexity index is 925. The minimum absolute atomic E-state index is 0.0997. The van der Waals surface area contributed by atoms with Crippen LogP contribution in [0.5, 0.6) is 0 Å². The van der Waals surface area contributed by atoms with E-state index in [4.69, 9.17) is 0 Å². The van der Waals surface area contributed by atoms with Crippen molar-refractivity contribution in [2.45, 2.75) is 31.5 Å². The summed E-state index contributed by atoms with van der Waals surface area (Å²) in [5, 5.41) is 0. The van der Waals surface area contributed by atoms with E-state index in [0.29, 0.717) is 6.07 Å². The number of alkyl halides is 3. The van der Waals surface area contributed by atoms with E-state index < -0.39 is 34.8 Å². The molecule has 0 bridgehead atoms. The van der Waals surface area contributed by atoms with Crippen LogP contribution >= 0.6 is 0 Å². The van der Waals surface area contributed by atoms with Crippen molar-refractivity contribution >= 4 is 11.8 Å². The first kappa shape index (κ1) is 17.7. The van der Waals surface area contributed by atoms with Gasteiger partial charge in [-0.2, -0.15) is 13.2 Å². The first-order valence-corrected chi connectivity index (χ1v) is 8.48. The predicted octanol–water partition coefficient (Wildman–Crippen LogP) is 4.28. The van der Waals surface area contributed by atoms with Gasteiger partial charge in [0.05, 0.1) is 17.5 Å². The lowest BCUT2D eigenvalue weighted by atomic mass is 9.94. The summed E-state index contributed by atoms with van der Waals surface area (Å²) < 4.78 is 53.2. The zero-order valence-corrected chi connectivity index (χ0v) is 14.1. The molecular formula is C20H15F4NO2. The number of amides is 2. The minimum atomic E-state index is -4.73. The molecule has 2 fully saturated rings. The average molecular weight is 377 g/mol. The molecule has 2 amide bonds. The smallest absolute Gasteiger partial charge is 0.278 e. The maximum atomic E-state index is 13.3. The van der Waals surface area contributed by atoms with Gasteiger partial charge in [0.25, 0.3) is 0 Å². The van der Waals surface area contributed by atoms with Crippen LogP contribution in [-0.4, -0.2) is 16.7 Å². The number of carbonyl (C=O) groups excluding carboxylic acids is 2. The van der Waals surface area contributed by atoms with E-state index in [1.807, 2.05) is 6.07 Å². The fraction of sp³-hybridized carbons (Fsp3) is 0.300. The van der Waals surface area contributed by atoms with Gasteiger partial charge in [0.1, 0.15) is 5.82 Å². The summed E-state index contributed by atoms with van der Waals surface area (Å²) in [7, 11) is 0. The van der Waals surface area contributed by atoms with E-state index in [0.717, 1.165) is 22.6 Å². The Kier molecular flexibility index (Phi) is 3.87. The average Bonchev–Trinajstić information content (AvgIpc) is 3.28. The highest BCUT2D eigenvalue weighted by Gasteiger charge is 2.68. The number of benzene rings is 2. The van der Waals surface area contributed by atoms with Crippen LogP contribution in [0.4, 0.5) is 17.6 Å². The normalized spacial score (nSPS) is 24.7. The van der Waals surface area contributed by atoms with Gasteiger partial charge in [0, 0.05) is 12.3 Å². The second kappa shape index (κ2) is 5.90. The summed E-state index contributed by atoms with van der Waals surface area (Å²) in [6, 6.07) is 11.4. The highest BCUT2D eigenvalue weighted by molar-refractivity contribution is 6.08. The molecule has 27 heavy (non-hydrogen) atoms. The van der Waals surface area contributed by atoms with Gasteiger partial charge >= 0.3 is 6.18 Å². The van der Waals surface area contributed by atoms with Gasteiger partial charge in [0.2, 0.25) is 11.8 Å². The van der Waals surface area contributed by atoms with Crippen molar-refractivity contribution in [3.8, 4) is 0 Å². The Morgan fingerprint density at radius 1 is 1.07 bits per heavy atom. The second-order valence-electron chi connectivity index (χ2n) is 7.09. The lowest BCUT2D eigenvalue weighted by Gasteiger charge is -2.16. The molecule has 1 saturated heterocycles. The van der Waals surface area contributed by atoms with Gasteiger partial charge in [-0.25, -0.2) is 4.39 Å². The van der Waals surface area contributed by atoms with Gasteiger partial charge < -0.3 is 0 Å². The van der Waals surface area contributed by atoms with Crippen LogP contribution in [0, 0.1) is 11.2 Å². The molecule has 140 valence electrons. The van der Waals surface area contributed by atoms with E-state index in [1.54, 1.807) is 24.3 Å². The van der Waals surface area contributed by atoms with Crippen molar-refractivity contribution in [3.05, 3.63) is 71.0 Å². The second-order valence-corrected chi connectivity index (χ2v) is 7.09. The topological polar surface area (TPSA) is 37.4 Å². The maximum Gasteiger partial charge on any atom is 0.416 e.